The molecule has 0 aliphatic heterocycles. The molecule has 0 aliphatic rings. The molecule has 0 aromatic heterocycles. The average Bonchev–Trinajstić information content (AvgIpc) is 1.87. The first-order valence-electron chi connectivity index (χ1n) is 3.03. The monoisotopic (exact) mass is 177 g/mol. The molecule has 1 atom stereocenters. The van der Waals surface area contributed by atoms with E-state index in [1.807, 2.05) is 0 Å². The van der Waals surface area contributed by atoms with Crippen molar-refractivity contribution in [1.82, 2.24) is 0 Å². The average molecular weight is 177 g/mol. The maximum Gasteiger partial charge on any atom is 0.221 e. The maximum absolute atomic E-state index is 10.8. The maximum atomic E-state index is 10.8. The van der Waals surface area contributed by atoms with E-state index in [1.54, 1.807) is 0 Å². The van der Waals surface area contributed by atoms with Gasteiger partial charge in [-0.1, -0.05) is 13.5 Å². The second-order valence-electron chi connectivity index (χ2n) is 2.30. The van der Waals surface area contributed by atoms with Gasteiger partial charge in [0.05, 0.1) is 5.75 Å². The minimum absolute atomic E-state index is 0.258. The lowest BCUT2D eigenvalue weighted by molar-refractivity contribution is -0.120. The molecule has 0 spiro atoms. The van der Waals surface area contributed by atoms with E-state index in [0.29, 0.717) is 0 Å². The van der Waals surface area contributed by atoms with E-state index in [9.17, 15) is 13.2 Å². The van der Waals surface area contributed by atoms with Crippen molar-refractivity contribution in [1.29, 1.82) is 0 Å². The number of amides is 1. The minimum Gasteiger partial charge on any atom is -0.369 e. The highest BCUT2D eigenvalue weighted by molar-refractivity contribution is 7.94. The molecular weight excluding hydrogens is 166 g/mol. The Labute approximate surface area is 66.0 Å². The van der Waals surface area contributed by atoms with Gasteiger partial charge in [-0.2, -0.15) is 0 Å². The molecule has 0 bridgehead atoms. The van der Waals surface area contributed by atoms with E-state index < -0.39 is 21.7 Å². The van der Waals surface area contributed by atoms with Gasteiger partial charge >= 0.3 is 0 Å². The highest BCUT2D eigenvalue weighted by Crippen LogP contribution is 2.01. The molecule has 5 heteroatoms. The van der Waals surface area contributed by atoms with Gasteiger partial charge in [0.15, 0.2) is 9.84 Å². The lowest BCUT2D eigenvalue weighted by atomic mass is 10.2. The summed E-state index contributed by atoms with van der Waals surface area (Å²) >= 11 is 0. The predicted molar refractivity (Wildman–Crippen MR) is 42.3 cm³/mol. The molecule has 0 rings (SSSR count). The molecule has 0 saturated carbocycles. The van der Waals surface area contributed by atoms with E-state index in [1.165, 1.54) is 6.92 Å². The molecule has 0 radical (unpaired) electrons. The number of hydrogen-bond acceptors (Lipinski definition) is 3. The summed E-state index contributed by atoms with van der Waals surface area (Å²) in [5, 5.41) is 0.826. The van der Waals surface area contributed by atoms with Crippen LogP contribution in [0, 0.1) is 5.92 Å². The summed E-state index contributed by atoms with van der Waals surface area (Å²) in [6.07, 6.45) is 0. The fourth-order valence-corrected chi connectivity index (χ4v) is 1.50. The summed E-state index contributed by atoms with van der Waals surface area (Å²) in [5.74, 6) is -1.53. The van der Waals surface area contributed by atoms with Crippen molar-refractivity contribution in [3.05, 3.63) is 12.0 Å². The zero-order chi connectivity index (χ0) is 9.07. The predicted octanol–water partition coefficient (Wildman–Crippen LogP) is -0.334. The van der Waals surface area contributed by atoms with E-state index in [4.69, 9.17) is 5.73 Å². The van der Waals surface area contributed by atoms with Crippen molar-refractivity contribution in [2.24, 2.45) is 11.7 Å². The summed E-state index contributed by atoms with van der Waals surface area (Å²) in [7, 11) is -3.30. The van der Waals surface area contributed by atoms with Gasteiger partial charge in [0, 0.05) is 11.3 Å². The van der Waals surface area contributed by atoms with Gasteiger partial charge in [-0.15, -0.1) is 0 Å². The fourth-order valence-electron chi connectivity index (χ4n) is 0.499. The highest BCUT2D eigenvalue weighted by atomic mass is 32.2. The van der Waals surface area contributed by atoms with Crippen LogP contribution in [0.15, 0.2) is 12.0 Å². The fraction of sp³-hybridized carbons (Fsp3) is 0.500. The van der Waals surface area contributed by atoms with Crippen molar-refractivity contribution >= 4 is 15.7 Å². The van der Waals surface area contributed by atoms with Crippen LogP contribution in [0.3, 0.4) is 0 Å². The smallest absolute Gasteiger partial charge is 0.221 e. The molecule has 0 aliphatic carbocycles. The molecule has 64 valence electrons. The Hall–Kier alpha value is -0.840. The number of nitrogens with two attached hydrogens (primary N) is 1. The van der Waals surface area contributed by atoms with E-state index in [-0.39, 0.29) is 5.75 Å². The third kappa shape index (κ3) is 3.77. The lowest BCUT2D eigenvalue weighted by Gasteiger charge is -2.03. The van der Waals surface area contributed by atoms with Gasteiger partial charge in [0.25, 0.3) is 0 Å². The Morgan fingerprint density at radius 1 is 1.73 bits per heavy atom. The van der Waals surface area contributed by atoms with E-state index in [0.717, 1.165) is 5.41 Å². The van der Waals surface area contributed by atoms with Crippen LogP contribution >= 0.6 is 0 Å². The molecule has 0 heterocycles. The second kappa shape index (κ2) is 3.52. The Morgan fingerprint density at radius 3 is 2.45 bits per heavy atom. The molecule has 11 heavy (non-hydrogen) atoms. The number of sulfone groups is 1. The second-order valence-corrected chi connectivity index (χ2v) is 4.29. The van der Waals surface area contributed by atoms with Crippen LogP contribution in [0.2, 0.25) is 0 Å². The van der Waals surface area contributed by atoms with Crippen molar-refractivity contribution in [3.8, 4) is 0 Å². The normalized spacial score (nSPS) is 13.9. The summed E-state index contributed by atoms with van der Waals surface area (Å²) in [6.45, 7) is 4.57. The third-order valence-corrected chi connectivity index (χ3v) is 2.69. The SMILES string of the molecule is C=CS(=O)(=O)CC(C)C(N)=O. The Kier molecular flexibility index (Phi) is 3.25. The van der Waals surface area contributed by atoms with Crippen molar-refractivity contribution in [3.63, 3.8) is 0 Å². The zero-order valence-corrected chi connectivity index (χ0v) is 7.10. The van der Waals surface area contributed by atoms with Gasteiger partial charge in [0.1, 0.15) is 0 Å². The van der Waals surface area contributed by atoms with Crippen molar-refractivity contribution in [2.75, 3.05) is 5.75 Å². The first kappa shape index (κ1) is 10.2. The Bertz CT molecular complexity index is 255. The van der Waals surface area contributed by atoms with Gasteiger partial charge in [-0.3, -0.25) is 4.79 Å². The van der Waals surface area contributed by atoms with Crippen LogP contribution in [-0.2, 0) is 14.6 Å². The third-order valence-electron chi connectivity index (χ3n) is 1.22. The molecule has 1 unspecified atom stereocenters. The summed E-state index contributed by atoms with van der Waals surface area (Å²) in [4.78, 5) is 10.4. The number of carbonyl (C=O) groups is 1. The van der Waals surface area contributed by atoms with Gasteiger partial charge < -0.3 is 5.73 Å². The van der Waals surface area contributed by atoms with Gasteiger partial charge in [-0.25, -0.2) is 8.42 Å². The van der Waals surface area contributed by atoms with Crippen molar-refractivity contribution in [2.45, 2.75) is 6.92 Å². The summed E-state index contributed by atoms with van der Waals surface area (Å²) in [6, 6.07) is 0. The zero-order valence-electron chi connectivity index (χ0n) is 6.28. The largest absolute Gasteiger partial charge is 0.369 e. The number of hydrogen-bond donors (Lipinski definition) is 1. The van der Waals surface area contributed by atoms with Crippen LogP contribution in [0.5, 0.6) is 0 Å². The van der Waals surface area contributed by atoms with E-state index >= 15 is 0 Å². The summed E-state index contributed by atoms with van der Waals surface area (Å²) < 4.78 is 21.6. The molecule has 0 saturated heterocycles. The van der Waals surface area contributed by atoms with Gasteiger partial charge in [0.2, 0.25) is 5.91 Å². The first-order valence-corrected chi connectivity index (χ1v) is 4.75. The van der Waals surface area contributed by atoms with Crippen LogP contribution in [0.4, 0.5) is 0 Å². The standard InChI is InChI=1S/C6H11NO3S/c1-3-11(9,10)4-5(2)6(7)8/h3,5H,1,4H2,2H3,(H2,7,8). The quantitative estimate of drug-likeness (QED) is 0.638. The molecule has 0 fully saturated rings. The van der Waals surface area contributed by atoms with Crippen LogP contribution in [-0.4, -0.2) is 20.1 Å². The van der Waals surface area contributed by atoms with Crippen molar-refractivity contribution < 1.29 is 13.2 Å². The Balaban J connectivity index is 4.28. The highest BCUT2D eigenvalue weighted by Gasteiger charge is 2.16. The lowest BCUT2D eigenvalue weighted by Crippen LogP contribution is -2.26. The molecular formula is C6H11NO3S. The van der Waals surface area contributed by atoms with Crippen LogP contribution in [0.1, 0.15) is 6.92 Å². The molecule has 1 amide bonds. The molecule has 4 nitrogen and oxygen atoms in total. The number of primary amides is 1. The molecule has 0 aromatic rings. The number of rotatable bonds is 4. The minimum atomic E-state index is -3.30. The van der Waals surface area contributed by atoms with Crippen LogP contribution < -0.4 is 5.73 Å². The van der Waals surface area contributed by atoms with E-state index in [2.05, 4.69) is 6.58 Å². The number of carbonyl (C=O) groups excluding carboxylic acids is 1. The Morgan fingerprint density at radius 2 is 2.18 bits per heavy atom. The molecule has 2 N–H and O–H groups in total. The van der Waals surface area contributed by atoms with Crippen LogP contribution in [0.25, 0.3) is 0 Å². The topological polar surface area (TPSA) is 77.2 Å². The first-order chi connectivity index (χ1) is 4.89. The molecule has 0 aromatic carbocycles. The van der Waals surface area contributed by atoms with Gasteiger partial charge in [-0.05, 0) is 0 Å². The summed E-state index contributed by atoms with van der Waals surface area (Å²) in [5.41, 5.74) is 4.86.